The van der Waals surface area contributed by atoms with Crippen molar-refractivity contribution in [2.75, 3.05) is 0 Å². The number of carbonyl (C=O) groups is 2. The summed E-state index contributed by atoms with van der Waals surface area (Å²) in [6, 6.07) is 15.4. The van der Waals surface area contributed by atoms with Crippen LogP contribution in [0.15, 0.2) is 73.0 Å². The number of imide groups is 1. The molecule has 0 radical (unpaired) electrons. The first-order valence-electron chi connectivity index (χ1n) is 8.50. The Hall–Kier alpha value is -3.42. The maximum absolute atomic E-state index is 11.7. The number of nitrogens with one attached hydrogen (secondary N) is 1. The van der Waals surface area contributed by atoms with Crippen molar-refractivity contribution in [1.29, 1.82) is 0 Å². The number of carbonyl (C=O) groups excluding carboxylic acids is 2. The minimum atomic E-state index is -0.384. The molecule has 2 amide bonds. The molecule has 2 aromatic rings. The Labute approximate surface area is 154 Å². The molecule has 0 saturated heterocycles. The molecule has 0 saturated carbocycles. The maximum Gasteiger partial charge on any atom is 0.266 e. The third kappa shape index (κ3) is 4.15. The van der Waals surface area contributed by atoms with Crippen LogP contribution in [0.4, 0.5) is 0 Å². The van der Waals surface area contributed by atoms with Crippen LogP contribution in [-0.2, 0) is 4.79 Å². The van der Waals surface area contributed by atoms with Gasteiger partial charge in [-0.2, -0.15) is 0 Å². The number of rotatable bonds is 1. The molecule has 3 nitrogen and oxygen atoms in total. The van der Waals surface area contributed by atoms with E-state index in [1.165, 1.54) is 5.56 Å². The largest absolute Gasteiger partial charge is 0.288 e. The van der Waals surface area contributed by atoms with Crippen molar-refractivity contribution in [3.05, 3.63) is 95.2 Å². The summed E-state index contributed by atoms with van der Waals surface area (Å²) in [6.45, 7) is 7.63. The highest BCUT2D eigenvalue weighted by Gasteiger charge is 2.28. The van der Waals surface area contributed by atoms with E-state index >= 15 is 0 Å². The summed E-state index contributed by atoms with van der Waals surface area (Å²) in [5.41, 5.74) is 6.57. The van der Waals surface area contributed by atoms with Gasteiger partial charge in [-0.25, -0.2) is 0 Å². The van der Waals surface area contributed by atoms with Crippen molar-refractivity contribution >= 4 is 29.5 Å². The van der Waals surface area contributed by atoms with Gasteiger partial charge in [-0.3, -0.25) is 14.9 Å². The first kappa shape index (κ1) is 18.9. The Morgan fingerprint density at radius 1 is 0.962 bits per heavy atom. The molecule has 1 aliphatic heterocycles. The molecule has 0 atom stereocenters. The van der Waals surface area contributed by atoms with Crippen LogP contribution in [0.1, 0.15) is 40.9 Å². The third-order valence-corrected chi connectivity index (χ3v) is 3.68. The fraction of sp³-hybridized carbons (Fsp3) is 0.0870. The zero-order valence-corrected chi connectivity index (χ0v) is 15.0. The SMILES string of the molecule is C=Cc1ccccc1.CC.O=C1NC(=O)c2cccc3c2C1=C=CC=C3. The van der Waals surface area contributed by atoms with E-state index in [0.717, 1.165) is 5.56 Å². The first-order valence-corrected chi connectivity index (χ1v) is 8.50. The van der Waals surface area contributed by atoms with Gasteiger partial charge in [0.25, 0.3) is 11.8 Å². The maximum atomic E-state index is 11.7. The molecule has 0 unspecified atom stereocenters. The molecule has 0 aromatic heterocycles. The van der Waals surface area contributed by atoms with Crippen LogP contribution in [-0.4, -0.2) is 11.8 Å². The fourth-order valence-electron chi connectivity index (χ4n) is 2.53. The monoisotopic (exact) mass is 343 g/mol. The highest BCUT2D eigenvalue weighted by molar-refractivity contribution is 6.31. The Bertz CT molecular complexity index is 914. The molecule has 1 aliphatic carbocycles. The second-order valence-corrected chi connectivity index (χ2v) is 5.21. The minimum absolute atomic E-state index is 0.345. The third-order valence-electron chi connectivity index (χ3n) is 3.68. The van der Waals surface area contributed by atoms with Crippen LogP contribution >= 0.6 is 0 Å². The molecule has 2 aromatic carbocycles. The van der Waals surface area contributed by atoms with E-state index in [-0.39, 0.29) is 11.8 Å². The predicted molar refractivity (Wildman–Crippen MR) is 107 cm³/mol. The average Bonchev–Trinajstić information content (AvgIpc) is 2.92. The average molecular weight is 343 g/mol. The van der Waals surface area contributed by atoms with Crippen LogP contribution in [0.5, 0.6) is 0 Å². The van der Waals surface area contributed by atoms with Gasteiger partial charge < -0.3 is 0 Å². The molecule has 0 fully saturated rings. The Morgan fingerprint density at radius 2 is 1.69 bits per heavy atom. The standard InChI is InChI=1S/C13H7NO2.C8H8.C2H6/c15-12-9-6-2-1-4-8-5-3-7-10(11(8)9)13(16)14-12;1-2-8-6-4-3-5-7-8;1-2/h1-5,7H,(H,14,15,16);2-7H,1H2;1-2H3. The Balaban J connectivity index is 0.000000206. The molecule has 3 heteroatoms. The lowest BCUT2D eigenvalue weighted by molar-refractivity contribution is -0.114. The quantitative estimate of drug-likeness (QED) is 0.593. The normalized spacial score (nSPS) is 12.9. The van der Waals surface area contributed by atoms with Crippen LogP contribution in [0.3, 0.4) is 0 Å². The lowest BCUT2D eigenvalue weighted by Gasteiger charge is -2.18. The van der Waals surface area contributed by atoms with E-state index in [1.807, 2.05) is 62.4 Å². The number of amides is 2. The molecule has 1 N–H and O–H groups in total. The molecular weight excluding hydrogens is 322 g/mol. The lowest BCUT2D eigenvalue weighted by atomic mass is 9.91. The number of hydrogen-bond acceptors (Lipinski definition) is 2. The Kier molecular flexibility index (Phi) is 6.67. The van der Waals surface area contributed by atoms with Gasteiger partial charge in [0.2, 0.25) is 0 Å². The highest BCUT2D eigenvalue weighted by atomic mass is 16.2. The van der Waals surface area contributed by atoms with Crippen molar-refractivity contribution in [3.63, 3.8) is 0 Å². The summed E-state index contributed by atoms with van der Waals surface area (Å²) in [4.78, 5) is 23.3. The summed E-state index contributed by atoms with van der Waals surface area (Å²) < 4.78 is 0. The van der Waals surface area contributed by atoms with Crippen LogP contribution in [0, 0.1) is 0 Å². The number of benzene rings is 2. The van der Waals surface area contributed by atoms with E-state index in [4.69, 9.17) is 0 Å². The van der Waals surface area contributed by atoms with E-state index in [0.29, 0.717) is 16.7 Å². The number of allylic oxidation sites excluding steroid dienone is 1. The van der Waals surface area contributed by atoms with Gasteiger partial charge in [0, 0.05) is 11.1 Å². The number of hydrogen-bond donors (Lipinski definition) is 1. The van der Waals surface area contributed by atoms with Gasteiger partial charge >= 0.3 is 0 Å². The zero-order valence-electron chi connectivity index (χ0n) is 15.0. The summed E-state index contributed by atoms with van der Waals surface area (Å²) in [7, 11) is 0. The molecule has 0 spiro atoms. The van der Waals surface area contributed by atoms with Crippen LogP contribution in [0.2, 0.25) is 0 Å². The summed E-state index contributed by atoms with van der Waals surface area (Å²) in [6.07, 6.45) is 7.18. The van der Waals surface area contributed by atoms with Gasteiger partial charge in [0.15, 0.2) is 0 Å². The topological polar surface area (TPSA) is 46.2 Å². The van der Waals surface area contributed by atoms with Gasteiger partial charge in [-0.15, -0.1) is 5.73 Å². The van der Waals surface area contributed by atoms with E-state index in [9.17, 15) is 9.59 Å². The molecule has 130 valence electrons. The summed E-state index contributed by atoms with van der Waals surface area (Å²) in [5, 5.41) is 2.30. The van der Waals surface area contributed by atoms with Crippen molar-refractivity contribution in [1.82, 2.24) is 5.32 Å². The van der Waals surface area contributed by atoms with E-state index in [2.05, 4.69) is 17.6 Å². The van der Waals surface area contributed by atoms with Gasteiger partial charge in [-0.05, 0) is 23.3 Å². The molecule has 2 aliphatic rings. The Morgan fingerprint density at radius 3 is 2.35 bits per heavy atom. The molecule has 26 heavy (non-hydrogen) atoms. The summed E-state index contributed by atoms with van der Waals surface area (Å²) >= 11 is 0. The first-order chi connectivity index (χ1) is 12.7. The fourth-order valence-corrected chi connectivity index (χ4v) is 2.53. The molecule has 0 bridgehead atoms. The van der Waals surface area contributed by atoms with Crippen LogP contribution < -0.4 is 5.32 Å². The van der Waals surface area contributed by atoms with Crippen molar-refractivity contribution < 1.29 is 9.59 Å². The van der Waals surface area contributed by atoms with Crippen LogP contribution in [0.25, 0.3) is 17.7 Å². The zero-order chi connectivity index (χ0) is 18.9. The molecule has 1 heterocycles. The lowest BCUT2D eigenvalue weighted by Crippen LogP contribution is -2.36. The van der Waals surface area contributed by atoms with Crippen molar-refractivity contribution in [2.45, 2.75) is 13.8 Å². The second kappa shape index (κ2) is 9.16. The van der Waals surface area contributed by atoms with Crippen molar-refractivity contribution in [2.24, 2.45) is 0 Å². The smallest absolute Gasteiger partial charge is 0.266 e. The summed E-state index contributed by atoms with van der Waals surface area (Å²) in [5.74, 6) is -0.729. The van der Waals surface area contributed by atoms with E-state index < -0.39 is 0 Å². The second-order valence-electron chi connectivity index (χ2n) is 5.21. The van der Waals surface area contributed by atoms with Crippen molar-refractivity contribution in [3.8, 4) is 0 Å². The van der Waals surface area contributed by atoms with Gasteiger partial charge in [0.1, 0.15) is 0 Å². The molecule has 4 rings (SSSR count). The highest BCUT2D eigenvalue weighted by Crippen LogP contribution is 2.29. The van der Waals surface area contributed by atoms with E-state index in [1.54, 1.807) is 24.3 Å². The van der Waals surface area contributed by atoms with Gasteiger partial charge in [-0.1, -0.05) is 81.1 Å². The molecular formula is C23H21NO2. The van der Waals surface area contributed by atoms with Gasteiger partial charge in [0.05, 0.1) is 5.57 Å². The minimum Gasteiger partial charge on any atom is -0.288 e. The predicted octanol–water partition coefficient (Wildman–Crippen LogP) is 4.88.